The normalized spacial score (nSPS) is 16.8. The maximum atomic E-state index is 6.15. The summed E-state index contributed by atoms with van der Waals surface area (Å²) in [7, 11) is 1.58. The lowest BCUT2D eigenvalue weighted by Crippen LogP contribution is -2.39. The first-order valence-electron chi connectivity index (χ1n) is 7.78. The van der Waals surface area contributed by atoms with Crippen molar-refractivity contribution in [2.45, 2.75) is 12.5 Å². The Bertz CT molecular complexity index is 706. The van der Waals surface area contributed by atoms with Crippen molar-refractivity contribution in [2.75, 3.05) is 26.8 Å². The minimum atomic E-state index is 0. The van der Waals surface area contributed by atoms with Crippen LogP contribution in [0.4, 0.5) is 0 Å². The van der Waals surface area contributed by atoms with Crippen molar-refractivity contribution in [2.24, 2.45) is 0 Å². The van der Waals surface area contributed by atoms with Crippen molar-refractivity contribution in [3.05, 3.63) is 52.0 Å². The Kier molecular flexibility index (Phi) is 7.66. The number of hydrogen-bond acceptors (Lipinski definition) is 4. The first-order chi connectivity index (χ1) is 11.7. The first kappa shape index (κ1) is 20.1. The summed E-state index contributed by atoms with van der Waals surface area (Å²) >= 11 is 12.2. The van der Waals surface area contributed by atoms with E-state index in [4.69, 9.17) is 37.4 Å². The van der Waals surface area contributed by atoms with Crippen LogP contribution in [-0.4, -0.2) is 32.9 Å². The predicted molar refractivity (Wildman–Crippen MR) is 103 cm³/mol. The highest BCUT2D eigenvalue weighted by Gasteiger charge is 2.18. The molecule has 4 nitrogen and oxygen atoms in total. The molecule has 1 saturated heterocycles. The largest absolute Gasteiger partial charge is 0.493 e. The van der Waals surface area contributed by atoms with Gasteiger partial charge in [-0.3, -0.25) is 0 Å². The summed E-state index contributed by atoms with van der Waals surface area (Å²) in [6, 6.07) is 10.9. The van der Waals surface area contributed by atoms with Crippen LogP contribution in [-0.2, 0) is 11.2 Å². The monoisotopic (exact) mass is 403 g/mol. The Morgan fingerprint density at radius 2 is 1.80 bits per heavy atom. The first-order valence-corrected chi connectivity index (χ1v) is 8.53. The fraction of sp³-hybridized carbons (Fsp3) is 0.333. The molecule has 0 aliphatic carbocycles. The highest BCUT2D eigenvalue weighted by molar-refractivity contribution is 6.31. The van der Waals surface area contributed by atoms with Gasteiger partial charge in [0.25, 0.3) is 0 Å². The maximum Gasteiger partial charge on any atom is 0.169 e. The van der Waals surface area contributed by atoms with Crippen LogP contribution in [0.15, 0.2) is 36.4 Å². The number of nitrogens with one attached hydrogen (secondary N) is 1. The predicted octanol–water partition coefficient (Wildman–Crippen LogP) is 4.75. The van der Waals surface area contributed by atoms with Gasteiger partial charge < -0.3 is 19.5 Å². The maximum absolute atomic E-state index is 6.15. The molecule has 0 unspecified atom stereocenters. The average Bonchev–Trinajstić information content (AvgIpc) is 2.59. The molecule has 2 aromatic rings. The molecule has 1 atom stereocenters. The van der Waals surface area contributed by atoms with Crippen LogP contribution in [0.5, 0.6) is 17.2 Å². The molecule has 1 heterocycles. The van der Waals surface area contributed by atoms with Crippen molar-refractivity contribution >= 4 is 35.6 Å². The molecule has 1 fully saturated rings. The van der Waals surface area contributed by atoms with E-state index in [1.165, 1.54) is 0 Å². The molecular weight excluding hydrogens is 385 g/mol. The molecule has 0 aromatic heterocycles. The summed E-state index contributed by atoms with van der Waals surface area (Å²) in [6.45, 7) is 2.44. The van der Waals surface area contributed by atoms with Crippen molar-refractivity contribution in [3.63, 3.8) is 0 Å². The van der Waals surface area contributed by atoms with Crippen LogP contribution in [0.3, 0.4) is 0 Å². The zero-order valence-electron chi connectivity index (χ0n) is 13.8. The SMILES string of the molecule is COc1cc(Cl)ccc1Oc1cc(Cl)ccc1C[C@H]1CNCCO1.Cl. The Balaban J connectivity index is 0.00000225. The van der Waals surface area contributed by atoms with Gasteiger partial charge in [-0.05, 0) is 29.8 Å². The van der Waals surface area contributed by atoms with Gasteiger partial charge in [0.1, 0.15) is 5.75 Å². The van der Waals surface area contributed by atoms with Gasteiger partial charge in [-0.25, -0.2) is 0 Å². The summed E-state index contributed by atoms with van der Waals surface area (Å²) in [5.41, 5.74) is 1.03. The van der Waals surface area contributed by atoms with E-state index >= 15 is 0 Å². The Morgan fingerprint density at radius 3 is 2.48 bits per heavy atom. The molecule has 25 heavy (non-hydrogen) atoms. The molecule has 1 N–H and O–H groups in total. The lowest BCUT2D eigenvalue weighted by Gasteiger charge is -2.24. The second kappa shape index (κ2) is 9.51. The summed E-state index contributed by atoms with van der Waals surface area (Å²) in [5, 5.41) is 4.54. The van der Waals surface area contributed by atoms with Gasteiger partial charge in [-0.2, -0.15) is 0 Å². The van der Waals surface area contributed by atoms with E-state index in [-0.39, 0.29) is 18.5 Å². The van der Waals surface area contributed by atoms with Crippen LogP contribution in [0.1, 0.15) is 5.56 Å². The summed E-state index contributed by atoms with van der Waals surface area (Å²) in [4.78, 5) is 0. The van der Waals surface area contributed by atoms with Gasteiger partial charge in [0, 0.05) is 35.6 Å². The molecule has 0 bridgehead atoms. The third kappa shape index (κ3) is 5.40. The number of benzene rings is 2. The average molecular weight is 405 g/mol. The van der Waals surface area contributed by atoms with Crippen LogP contribution in [0.2, 0.25) is 10.0 Å². The summed E-state index contributed by atoms with van der Waals surface area (Å²) < 4.78 is 17.2. The second-order valence-corrected chi connectivity index (χ2v) is 6.42. The molecule has 1 aliphatic heterocycles. The van der Waals surface area contributed by atoms with E-state index in [1.807, 2.05) is 12.1 Å². The van der Waals surface area contributed by atoms with Crippen LogP contribution in [0, 0.1) is 0 Å². The molecule has 3 rings (SSSR count). The standard InChI is InChI=1S/C18H19Cl2NO3.ClH/c1-22-18-10-14(20)4-5-16(18)24-17-9-13(19)3-2-12(17)8-15-11-21-6-7-23-15;/h2-5,9-10,15,21H,6-8,11H2,1H3;1H/t15-;/m0./s1. The Morgan fingerprint density at radius 1 is 1.08 bits per heavy atom. The molecule has 0 radical (unpaired) electrons. The number of morpholine rings is 1. The highest BCUT2D eigenvalue weighted by Crippen LogP contribution is 2.36. The quantitative estimate of drug-likeness (QED) is 0.781. The number of ether oxygens (including phenoxy) is 3. The third-order valence-electron chi connectivity index (χ3n) is 3.83. The molecule has 136 valence electrons. The topological polar surface area (TPSA) is 39.7 Å². The molecule has 0 saturated carbocycles. The molecular formula is C18H20Cl3NO3. The second-order valence-electron chi connectivity index (χ2n) is 5.55. The fourth-order valence-corrected chi connectivity index (χ4v) is 2.96. The Labute approximate surface area is 163 Å². The zero-order chi connectivity index (χ0) is 16.9. The van der Waals surface area contributed by atoms with Gasteiger partial charge in [-0.1, -0.05) is 29.3 Å². The van der Waals surface area contributed by atoms with Crippen LogP contribution in [0.25, 0.3) is 0 Å². The van der Waals surface area contributed by atoms with Gasteiger partial charge in [-0.15, -0.1) is 12.4 Å². The van der Waals surface area contributed by atoms with Crippen molar-refractivity contribution in [3.8, 4) is 17.2 Å². The van der Waals surface area contributed by atoms with Crippen LogP contribution < -0.4 is 14.8 Å². The molecule has 1 aliphatic rings. The number of hydrogen-bond donors (Lipinski definition) is 1. The highest BCUT2D eigenvalue weighted by atomic mass is 35.5. The molecule has 7 heteroatoms. The number of rotatable bonds is 5. The van der Waals surface area contributed by atoms with Gasteiger partial charge in [0.15, 0.2) is 11.5 Å². The Hall–Kier alpha value is -1.17. The molecule has 2 aromatic carbocycles. The van der Waals surface area contributed by atoms with Crippen LogP contribution >= 0.6 is 35.6 Å². The smallest absolute Gasteiger partial charge is 0.169 e. The third-order valence-corrected chi connectivity index (χ3v) is 4.30. The van der Waals surface area contributed by atoms with E-state index < -0.39 is 0 Å². The van der Waals surface area contributed by atoms with Crippen molar-refractivity contribution in [1.29, 1.82) is 0 Å². The lowest BCUT2D eigenvalue weighted by molar-refractivity contribution is 0.0289. The van der Waals surface area contributed by atoms with E-state index in [9.17, 15) is 0 Å². The number of methoxy groups -OCH3 is 1. The van der Waals surface area contributed by atoms with E-state index in [0.717, 1.165) is 31.7 Å². The van der Waals surface area contributed by atoms with Crippen molar-refractivity contribution in [1.82, 2.24) is 5.32 Å². The summed E-state index contributed by atoms with van der Waals surface area (Å²) in [5.74, 6) is 1.86. The fourth-order valence-electron chi connectivity index (χ4n) is 2.63. The van der Waals surface area contributed by atoms with E-state index in [1.54, 1.807) is 31.4 Å². The molecule has 0 spiro atoms. The number of halogens is 3. The van der Waals surface area contributed by atoms with Gasteiger partial charge >= 0.3 is 0 Å². The van der Waals surface area contributed by atoms with Gasteiger partial charge in [0.05, 0.1) is 19.8 Å². The van der Waals surface area contributed by atoms with E-state index in [0.29, 0.717) is 27.3 Å². The molecule has 0 amide bonds. The summed E-state index contributed by atoms with van der Waals surface area (Å²) in [6.07, 6.45) is 0.865. The van der Waals surface area contributed by atoms with Crippen molar-refractivity contribution < 1.29 is 14.2 Å². The van der Waals surface area contributed by atoms with Gasteiger partial charge in [0.2, 0.25) is 0 Å². The van der Waals surface area contributed by atoms with E-state index in [2.05, 4.69) is 5.32 Å². The zero-order valence-corrected chi connectivity index (χ0v) is 16.1. The minimum Gasteiger partial charge on any atom is -0.493 e. The minimum absolute atomic E-state index is 0. The lowest BCUT2D eigenvalue weighted by atomic mass is 10.1.